The van der Waals surface area contributed by atoms with Gasteiger partial charge < -0.3 is 10.2 Å². The zero-order chi connectivity index (χ0) is 12.1. The van der Waals surface area contributed by atoms with E-state index in [0.29, 0.717) is 18.4 Å². The molecule has 5 heteroatoms. The van der Waals surface area contributed by atoms with E-state index >= 15 is 0 Å². The Kier molecular flexibility index (Phi) is 6.68. The lowest BCUT2D eigenvalue weighted by atomic mass is 10.0. The van der Waals surface area contributed by atoms with Crippen LogP contribution in [0.4, 0.5) is 0 Å². The number of nitrogens with zero attached hydrogens (tertiary/aromatic N) is 1. The summed E-state index contributed by atoms with van der Waals surface area (Å²) in [7, 11) is 2.00. The largest absolute Gasteiger partial charge is 0.343 e. The van der Waals surface area contributed by atoms with Gasteiger partial charge in [-0.3, -0.25) is 4.79 Å². The number of likely N-dealkylation sites (tertiary alicyclic amines) is 1. The molecule has 2 rings (SSSR count). The quantitative estimate of drug-likeness (QED) is 0.922. The first-order valence-electron chi connectivity index (χ1n) is 6.25. The summed E-state index contributed by atoms with van der Waals surface area (Å²) in [6.45, 7) is 1.82. The molecule has 0 aliphatic carbocycles. The van der Waals surface area contributed by atoms with Crippen molar-refractivity contribution < 1.29 is 4.79 Å². The van der Waals surface area contributed by atoms with Gasteiger partial charge in [0.2, 0.25) is 5.91 Å². The van der Waals surface area contributed by atoms with Crippen LogP contribution in [0.15, 0.2) is 16.8 Å². The number of aryl methyl sites for hydroxylation is 1. The molecule has 1 aromatic rings. The Hall–Kier alpha value is -0.580. The molecule has 1 saturated heterocycles. The lowest BCUT2D eigenvalue weighted by Gasteiger charge is -2.31. The number of halogens is 1. The van der Waals surface area contributed by atoms with Gasteiger partial charge in [0.25, 0.3) is 0 Å². The van der Waals surface area contributed by atoms with Gasteiger partial charge in [-0.2, -0.15) is 11.3 Å². The molecule has 0 saturated carbocycles. The number of carbonyl (C=O) groups is 1. The second-order valence-corrected chi connectivity index (χ2v) is 5.36. The normalized spacial score (nSPS) is 16.4. The van der Waals surface area contributed by atoms with E-state index in [9.17, 15) is 4.79 Å². The van der Waals surface area contributed by atoms with Gasteiger partial charge in [-0.25, -0.2) is 0 Å². The Morgan fingerprint density at radius 2 is 2.22 bits per heavy atom. The first-order chi connectivity index (χ1) is 8.29. The summed E-state index contributed by atoms with van der Waals surface area (Å²) in [6.07, 6.45) is 3.70. The van der Waals surface area contributed by atoms with Gasteiger partial charge in [-0.05, 0) is 48.7 Å². The molecule has 0 bridgehead atoms. The van der Waals surface area contributed by atoms with Gasteiger partial charge in [0.1, 0.15) is 0 Å². The van der Waals surface area contributed by atoms with Crippen molar-refractivity contribution in [1.82, 2.24) is 10.2 Å². The van der Waals surface area contributed by atoms with E-state index in [1.165, 1.54) is 5.56 Å². The monoisotopic (exact) mass is 288 g/mol. The summed E-state index contributed by atoms with van der Waals surface area (Å²) in [4.78, 5) is 14.0. The van der Waals surface area contributed by atoms with Crippen LogP contribution in [-0.2, 0) is 11.2 Å². The fraction of sp³-hybridized carbons (Fsp3) is 0.615. The van der Waals surface area contributed by atoms with Gasteiger partial charge in [-0.15, -0.1) is 12.4 Å². The summed E-state index contributed by atoms with van der Waals surface area (Å²) in [6, 6.07) is 2.70. The molecule has 1 aromatic heterocycles. The van der Waals surface area contributed by atoms with Gasteiger partial charge in [0, 0.05) is 25.6 Å². The summed E-state index contributed by atoms with van der Waals surface area (Å²) in [5.41, 5.74) is 1.29. The van der Waals surface area contributed by atoms with E-state index in [4.69, 9.17) is 0 Å². The number of amides is 1. The fourth-order valence-corrected chi connectivity index (χ4v) is 2.96. The van der Waals surface area contributed by atoms with Crippen molar-refractivity contribution in [3.05, 3.63) is 22.4 Å². The lowest BCUT2D eigenvalue weighted by molar-refractivity contribution is -0.132. The molecule has 0 atom stereocenters. The standard InChI is InChI=1S/C13H20N2OS.ClH/c1-14-12-4-7-15(8-5-12)13(16)3-2-11-6-9-17-10-11;/h6,9-10,12,14H,2-5,7-8H2,1H3;1H. The van der Waals surface area contributed by atoms with Crippen LogP contribution in [0.3, 0.4) is 0 Å². The number of hydrogen-bond acceptors (Lipinski definition) is 3. The van der Waals surface area contributed by atoms with E-state index in [2.05, 4.69) is 22.1 Å². The molecule has 1 amide bonds. The number of thiophene rings is 1. The van der Waals surface area contributed by atoms with E-state index in [1.807, 2.05) is 11.9 Å². The summed E-state index contributed by atoms with van der Waals surface area (Å²) in [5.74, 6) is 0.311. The number of nitrogens with one attached hydrogen (secondary N) is 1. The molecule has 3 nitrogen and oxygen atoms in total. The first-order valence-corrected chi connectivity index (χ1v) is 7.20. The van der Waals surface area contributed by atoms with E-state index in [0.717, 1.165) is 32.4 Å². The highest BCUT2D eigenvalue weighted by atomic mass is 35.5. The van der Waals surface area contributed by atoms with Crippen molar-refractivity contribution in [2.24, 2.45) is 0 Å². The zero-order valence-electron chi connectivity index (χ0n) is 10.7. The van der Waals surface area contributed by atoms with Crippen molar-refractivity contribution in [1.29, 1.82) is 0 Å². The molecule has 0 unspecified atom stereocenters. The minimum absolute atomic E-state index is 0. The van der Waals surface area contributed by atoms with E-state index in [-0.39, 0.29) is 12.4 Å². The number of hydrogen-bond donors (Lipinski definition) is 1. The Morgan fingerprint density at radius 3 is 2.78 bits per heavy atom. The molecule has 102 valence electrons. The Morgan fingerprint density at radius 1 is 1.50 bits per heavy atom. The van der Waals surface area contributed by atoms with E-state index in [1.54, 1.807) is 11.3 Å². The minimum Gasteiger partial charge on any atom is -0.343 e. The van der Waals surface area contributed by atoms with Gasteiger partial charge in [0.15, 0.2) is 0 Å². The third-order valence-electron chi connectivity index (χ3n) is 3.46. The Bertz CT molecular complexity index is 348. The van der Waals surface area contributed by atoms with Crippen LogP contribution in [0.1, 0.15) is 24.8 Å². The fourth-order valence-electron chi connectivity index (χ4n) is 2.26. The second-order valence-electron chi connectivity index (χ2n) is 4.58. The highest BCUT2D eigenvalue weighted by Crippen LogP contribution is 2.13. The van der Waals surface area contributed by atoms with Crippen LogP contribution in [0, 0.1) is 0 Å². The molecule has 0 radical (unpaired) electrons. The zero-order valence-corrected chi connectivity index (χ0v) is 12.4. The van der Waals surface area contributed by atoms with Crippen LogP contribution in [0.25, 0.3) is 0 Å². The SMILES string of the molecule is CNC1CCN(C(=O)CCc2ccsc2)CC1.Cl. The van der Waals surface area contributed by atoms with Crippen molar-refractivity contribution in [3.8, 4) is 0 Å². The summed E-state index contributed by atoms with van der Waals surface area (Å²) in [5, 5.41) is 7.47. The highest BCUT2D eigenvalue weighted by Gasteiger charge is 2.21. The lowest BCUT2D eigenvalue weighted by Crippen LogP contribution is -2.44. The maximum atomic E-state index is 12.0. The smallest absolute Gasteiger partial charge is 0.222 e. The molecule has 2 heterocycles. The molecule has 1 aliphatic heterocycles. The van der Waals surface area contributed by atoms with Crippen molar-refractivity contribution in [2.45, 2.75) is 31.7 Å². The van der Waals surface area contributed by atoms with Gasteiger partial charge in [-0.1, -0.05) is 0 Å². The molecule has 1 aliphatic rings. The highest BCUT2D eigenvalue weighted by molar-refractivity contribution is 7.07. The van der Waals surface area contributed by atoms with Crippen molar-refractivity contribution >= 4 is 29.7 Å². The maximum Gasteiger partial charge on any atom is 0.222 e. The molecule has 0 spiro atoms. The van der Waals surface area contributed by atoms with Crippen LogP contribution in [-0.4, -0.2) is 37.0 Å². The number of piperidine rings is 1. The van der Waals surface area contributed by atoms with Crippen molar-refractivity contribution in [3.63, 3.8) is 0 Å². The molecular weight excluding hydrogens is 268 g/mol. The van der Waals surface area contributed by atoms with Crippen LogP contribution >= 0.6 is 23.7 Å². The summed E-state index contributed by atoms with van der Waals surface area (Å²) >= 11 is 1.70. The Balaban J connectivity index is 0.00000162. The summed E-state index contributed by atoms with van der Waals surface area (Å²) < 4.78 is 0. The predicted octanol–water partition coefficient (Wildman–Crippen LogP) is 2.31. The Labute approximate surface area is 119 Å². The number of rotatable bonds is 4. The van der Waals surface area contributed by atoms with Crippen LogP contribution < -0.4 is 5.32 Å². The third-order valence-corrected chi connectivity index (χ3v) is 4.20. The molecule has 1 fully saturated rings. The molecule has 1 N–H and O–H groups in total. The predicted molar refractivity (Wildman–Crippen MR) is 78.5 cm³/mol. The number of carbonyl (C=O) groups excluding carboxylic acids is 1. The van der Waals surface area contributed by atoms with Gasteiger partial charge in [0.05, 0.1) is 0 Å². The van der Waals surface area contributed by atoms with Crippen LogP contribution in [0.5, 0.6) is 0 Å². The van der Waals surface area contributed by atoms with Gasteiger partial charge >= 0.3 is 0 Å². The molecular formula is C13H21ClN2OS. The second kappa shape index (κ2) is 7.77. The molecule has 18 heavy (non-hydrogen) atoms. The average molecular weight is 289 g/mol. The maximum absolute atomic E-state index is 12.0. The van der Waals surface area contributed by atoms with Crippen LogP contribution in [0.2, 0.25) is 0 Å². The van der Waals surface area contributed by atoms with E-state index < -0.39 is 0 Å². The first kappa shape index (κ1) is 15.5. The third kappa shape index (κ3) is 4.26. The average Bonchev–Trinajstić information content (AvgIpc) is 2.89. The molecule has 0 aromatic carbocycles. The topological polar surface area (TPSA) is 32.3 Å². The minimum atomic E-state index is 0. The van der Waals surface area contributed by atoms with Crippen molar-refractivity contribution in [2.75, 3.05) is 20.1 Å².